The number of ether oxygens (including phenoxy) is 1. The minimum Gasteiger partial charge on any atom is -0.484 e. The molecular weight excluding hydrogens is 328 g/mol. The molecule has 0 radical (unpaired) electrons. The van der Waals surface area contributed by atoms with Crippen LogP contribution in [0.15, 0.2) is 48.5 Å². The van der Waals surface area contributed by atoms with Crippen LogP contribution < -0.4 is 10.1 Å². The summed E-state index contributed by atoms with van der Waals surface area (Å²) < 4.78 is 5.58. The number of likely N-dealkylation sites (tertiary alicyclic amines) is 1. The van der Waals surface area contributed by atoms with Gasteiger partial charge in [0.2, 0.25) is 0 Å². The van der Waals surface area contributed by atoms with E-state index in [9.17, 15) is 9.59 Å². The van der Waals surface area contributed by atoms with Gasteiger partial charge in [-0.25, -0.2) is 0 Å². The number of nitrogens with zero attached hydrogens (tertiary/aromatic N) is 1. The molecule has 0 bridgehead atoms. The molecule has 2 amide bonds. The first-order valence-corrected chi connectivity index (χ1v) is 9.07. The van der Waals surface area contributed by atoms with Crippen molar-refractivity contribution in [2.75, 3.05) is 25.0 Å². The maximum atomic E-state index is 12.6. The smallest absolute Gasteiger partial charge is 0.262 e. The van der Waals surface area contributed by atoms with Gasteiger partial charge in [-0.1, -0.05) is 31.2 Å². The molecular formula is C21H24N2O3. The first-order chi connectivity index (χ1) is 12.7. The molecule has 136 valence electrons. The Morgan fingerprint density at radius 2 is 1.85 bits per heavy atom. The van der Waals surface area contributed by atoms with Gasteiger partial charge in [-0.3, -0.25) is 9.59 Å². The van der Waals surface area contributed by atoms with Gasteiger partial charge in [0.25, 0.3) is 11.8 Å². The number of nitrogens with one attached hydrogen (secondary N) is 1. The number of carbonyl (C=O) groups excluding carboxylic acids is 2. The Morgan fingerprint density at radius 1 is 1.08 bits per heavy atom. The van der Waals surface area contributed by atoms with Crippen LogP contribution in [0.1, 0.15) is 35.7 Å². The predicted molar refractivity (Wildman–Crippen MR) is 102 cm³/mol. The fourth-order valence-corrected chi connectivity index (χ4v) is 3.06. The molecule has 3 rings (SSSR count). The van der Waals surface area contributed by atoms with Crippen LogP contribution in [-0.4, -0.2) is 36.4 Å². The van der Waals surface area contributed by atoms with E-state index < -0.39 is 0 Å². The van der Waals surface area contributed by atoms with E-state index in [0.717, 1.165) is 37.9 Å². The van der Waals surface area contributed by atoms with E-state index in [4.69, 9.17) is 4.74 Å². The van der Waals surface area contributed by atoms with Crippen molar-refractivity contribution in [3.8, 4) is 5.75 Å². The van der Waals surface area contributed by atoms with Crippen LogP contribution in [0.25, 0.3) is 0 Å². The summed E-state index contributed by atoms with van der Waals surface area (Å²) in [6, 6.07) is 14.8. The zero-order valence-electron chi connectivity index (χ0n) is 15.0. The summed E-state index contributed by atoms with van der Waals surface area (Å²) in [4.78, 5) is 26.7. The van der Waals surface area contributed by atoms with Crippen LogP contribution in [0.5, 0.6) is 5.75 Å². The van der Waals surface area contributed by atoms with Gasteiger partial charge in [-0.2, -0.15) is 0 Å². The molecule has 0 unspecified atom stereocenters. The zero-order chi connectivity index (χ0) is 18.4. The van der Waals surface area contributed by atoms with Gasteiger partial charge >= 0.3 is 0 Å². The normalized spacial score (nSPS) is 13.5. The summed E-state index contributed by atoms with van der Waals surface area (Å²) in [5.41, 5.74) is 2.21. The van der Waals surface area contributed by atoms with E-state index in [0.29, 0.717) is 17.0 Å². The molecule has 1 aliphatic rings. The van der Waals surface area contributed by atoms with Gasteiger partial charge in [-0.05, 0) is 49.1 Å². The quantitative estimate of drug-likeness (QED) is 0.866. The van der Waals surface area contributed by atoms with E-state index in [1.807, 2.05) is 41.3 Å². The zero-order valence-corrected chi connectivity index (χ0v) is 15.0. The molecule has 5 heteroatoms. The maximum absolute atomic E-state index is 12.6. The van der Waals surface area contributed by atoms with Crippen molar-refractivity contribution < 1.29 is 14.3 Å². The van der Waals surface area contributed by atoms with Crippen molar-refractivity contribution in [3.05, 3.63) is 59.7 Å². The average Bonchev–Trinajstić information content (AvgIpc) is 3.21. The van der Waals surface area contributed by atoms with Crippen molar-refractivity contribution in [2.45, 2.75) is 26.2 Å². The van der Waals surface area contributed by atoms with Crippen LogP contribution in [0.3, 0.4) is 0 Å². The Kier molecular flexibility index (Phi) is 5.89. The molecule has 0 atom stereocenters. The number of benzene rings is 2. The van der Waals surface area contributed by atoms with Gasteiger partial charge in [0, 0.05) is 13.1 Å². The molecule has 26 heavy (non-hydrogen) atoms. The minimum absolute atomic E-state index is 0.0324. The molecule has 0 spiro atoms. The van der Waals surface area contributed by atoms with Crippen LogP contribution in [-0.2, 0) is 11.2 Å². The van der Waals surface area contributed by atoms with Crippen molar-refractivity contribution in [3.63, 3.8) is 0 Å². The van der Waals surface area contributed by atoms with E-state index in [-0.39, 0.29) is 18.4 Å². The molecule has 2 aromatic carbocycles. The summed E-state index contributed by atoms with van der Waals surface area (Å²) in [5.74, 6) is 0.351. The van der Waals surface area contributed by atoms with Crippen LogP contribution >= 0.6 is 0 Å². The molecule has 0 saturated carbocycles. The summed E-state index contributed by atoms with van der Waals surface area (Å²) in [7, 11) is 0. The fourth-order valence-electron chi connectivity index (χ4n) is 3.06. The van der Waals surface area contributed by atoms with Gasteiger partial charge in [0.15, 0.2) is 6.61 Å². The summed E-state index contributed by atoms with van der Waals surface area (Å²) >= 11 is 0. The van der Waals surface area contributed by atoms with E-state index in [1.54, 1.807) is 12.1 Å². The topological polar surface area (TPSA) is 58.6 Å². The number of anilines is 1. The third kappa shape index (κ3) is 4.42. The Morgan fingerprint density at radius 3 is 2.62 bits per heavy atom. The Hall–Kier alpha value is -2.82. The third-order valence-electron chi connectivity index (χ3n) is 4.50. The van der Waals surface area contributed by atoms with Crippen molar-refractivity contribution >= 4 is 17.5 Å². The van der Waals surface area contributed by atoms with E-state index in [2.05, 4.69) is 12.2 Å². The van der Waals surface area contributed by atoms with Crippen LogP contribution in [0.2, 0.25) is 0 Å². The molecule has 2 aromatic rings. The monoisotopic (exact) mass is 352 g/mol. The van der Waals surface area contributed by atoms with Gasteiger partial charge < -0.3 is 15.0 Å². The standard InChI is InChI=1S/C21H24N2O3/c1-2-16-8-7-9-17(14-16)26-15-20(24)22-19-11-4-3-10-18(19)21(25)23-12-5-6-13-23/h3-4,7-11,14H,2,5-6,12-13,15H2,1H3,(H,22,24). The van der Waals surface area contributed by atoms with Crippen LogP contribution in [0, 0.1) is 0 Å². The van der Waals surface area contributed by atoms with E-state index in [1.165, 1.54) is 0 Å². The lowest BCUT2D eigenvalue weighted by molar-refractivity contribution is -0.118. The SMILES string of the molecule is CCc1cccc(OCC(=O)Nc2ccccc2C(=O)N2CCCC2)c1. The first kappa shape index (κ1) is 18.0. The molecule has 0 aliphatic carbocycles. The Balaban J connectivity index is 1.63. The molecule has 1 heterocycles. The van der Waals surface area contributed by atoms with Crippen molar-refractivity contribution in [2.24, 2.45) is 0 Å². The highest BCUT2D eigenvalue weighted by molar-refractivity contribution is 6.04. The number of hydrogen-bond donors (Lipinski definition) is 1. The number of hydrogen-bond acceptors (Lipinski definition) is 3. The van der Waals surface area contributed by atoms with Crippen molar-refractivity contribution in [1.82, 2.24) is 4.90 Å². The second-order valence-electron chi connectivity index (χ2n) is 6.38. The van der Waals surface area contributed by atoms with Crippen molar-refractivity contribution in [1.29, 1.82) is 0 Å². The lowest BCUT2D eigenvalue weighted by Gasteiger charge is -2.18. The summed E-state index contributed by atoms with van der Waals surface area (Å²) in [6.07, 6.45) is 2.98. The predicted octanol–water partition coefficient (Wildman–Crippen LogP) is 3.50. The van der Waals surface area contributed by atoms with E-state index >= 15 is 0 Å². The first-order valence-electron chi connectivity index (χ1n) is 9.07. The Bertz CT molecular complexity index is 782. The largest absolute Gasteiger partial charge is 0.484 e. The molecule has 5 nitrogen and oxygen atoms in total. The molecule has 1 N–H and O–H groups in total. The second kappa shape index (κ2) is 8.52. The molecule has 1 saturated heterocycles. The third-order valence-corrected chi connectivity index (χ3v) is 4.50. The summed E-state index contributed by atoms with van der Waals surface area (Å²) in [6.45, 7) is 3.52. The lowest BCUT2D eigenvalue weighted by Crippen LogP contribution is -2.29. The number of amides is 2. The van der Waals surface area contributed by atoms with Crippen LogP contribution in [0.4, 0.5) is 5.69 Å². The lowest BCUT2D eigenvalue weighted by atomic mass is 10.1. The number of aryl methyl sites for hydroxylation is 1. The number of rotatable bonds is 6. The van der Waals surface area contributed by atoms with Gasteiger partial charge in [-0.15, -0.1) is 0 Å². The van der Waals surface area contributed by atoms with Gasteiger partial charge in [0.05, 0.1) is 11.3 Å². The minimum atomic E-state index is -0.284. The average molecular weight is 352 g/mol. The second-order valence-corrected chi connectivity index (χ2v) is 6.38. The number of carbonyl (C=O) groups is 2. The highest BCUT2D eigenvalue weighted by Gasteiger charge is 2.22. The number of para-hydroxylation sites is 1. The highest BCUT2D eigenvalue weighted by atomic mass is 16.5. The molecule has 0 aromatic heterocycles. The summed E-state index contributed by atoms with van der Waals surface area (Å²) in [5, 5.41) is 2.80. The molecule has 1 fully saturated rings. The molecule has 1 aliphatic heterocycles. The highest BCUT2D eigenvalue weighted by Crippen LogP contribution is 2.20. The van der Waals surface area contributed by atoms with Gasteiger partial charge in [0.1, 0.15) is 5.75 Å². The fraction of sp³-hybridized carbons (Fsp3) is 0.333. The maximum Gasteiger partial charge on any atom is 0.262 e. The Labute approximate surface area is 154 Å².